The monoisotopic (exact) mass is 378 g/mol. The number of hydrogen-bond donors (Lipinski definition) is 1. The fourth-order valence-electron chi connectivity index (χ4n) is 3.01. The van der Waals surface area contributed by atoms with Crippen LogP contribution in [0, 0.1) is 0 Å². The van der Waals surface area contributed by atoms with Crippen LogP contribution in [-0.2, 0) is 9.59 Å². The van der Waals surface area contributed by atoms with Crippen LogP contribution in [0.15, 0.2) is 29.2 Å². The summed E-state index contributed by atoms with van der Waals surface area (Å²) in [5.74, 6) is -0.703. The molecular weight excluding hydrogens is 360 g/mol. The van der Waals surface area contributed by atoms with Crippen LogP contribution in [0.2, 0.25) is 5.02 Å². The lowest BCUT2D eigenvalue weighted by Gasteiger charge is -2.23. The minimum atomic E-state index is -0.427. The van der Waals surface area contributed by atoms with Gasteiger partial charge in [-0.3, -0.25) is 19.3 Å². The van der Waals surface area contributed by atoms with E-state index in [9.17, 15) is 14.4 Å². The van der Waals surface area contributed by atoms with Gasteiger partial charge in [-0.2, -0.15) is 0 Å². The topological polar surface area (TPSA) is 66.5 Å². The van der Waals surface area contributed by atoms with Crippen molar-refractivity contribution < 1.29 is 14.4 Å². The fraction of sp³-hybridized carbons (Fsp3) is 0.389. The van der Waals surface area contributed by atoms with Gasteiger partial charge in [0.25, 0.3) is 11.1 Å². The summed E-state index contributed by atoms with van der Waals surface area (Å²) in [7, 11) is 0. The average molecular weight is 379 g/mol. The number of carbonyl (C=O) groups excluding carboxylic acids is 3. The van der Waals surface area contributed by atoms with E-state index in [4.69, 9.17) is 11.6 Å². The number of amides is 3. The van der Waals surface area contributed by atoms with Crippen molar-refractivity contribution in [3.8, 4) is 0 Å². The van der Waals surface area contributed by atoms with Crippen LogP contribution in [0.4, 0.5) is 4.79 Å². The van der Waals surface area contributed by atoms with Crippen molar-refractivity contribution in [2.75, 3.05) is 6.54 Å². The number of thioether (sulfide) groups is 1. The number of benzene rings is 1. The lowest BCUT2D eigenvalue weighted by atomic mass is 9.95. The van der Waals surface area contributed by atoms with Crippen molar-refractivity contribution in [3.63, 3.8) is 0 Å². The Labute approximate surface area is 155 Å². The minimum absolute atomic E-state index is 0.158. The molecule has 1 aromatic rings. The van der Waals surface area contributed by atoms with E-state index in [1.165, 1.54) is 6.42 Å². The molecule has 1 N–H and O–H groups in total. The molecule has 1 heterocycles. The number of imide groups is 1. The summed E-state index contributed by atoms with van der Waals surface area (Å²) in [5.41, 5.74) is 0.779. The Morgan fingerprint density at radius 2 is 1.88 bits per heavy atom. The predicted molar refractivity (Wildman–Crippen MR) is 99.1 cm³/mol. The highest BCUT2D eigenvalue weighted by molar-refractivity contribution is 8.18. The van der Waals surface area contributed by atoms with Gasteiger partial charge in [-0.05, 0) is 48.4 Å². The molecule has 1 aromatic carbocycles. The number of hydrogen-bond acceptors (Lipinski definition) is 4. The smallest absolute Gasteiger partial charge is 0.294 e. The molecule has 2 aliphatic rings. The zero-order valence-corrected chi connectivity index (χ0v) is 15.2. The Kier molecular flexibility index (Phi) is 5.81. The second-order valence-electron chi connectivity index (χ2n) is 6.22. The minimum Gasteiger partial charge on any atom is -0.352 e. The third-order valence-corrected chi connectivity index (χ3v) is 5.47. The maximum atomic E-state index is 12.4. The molecule has 0 unspecified atom stereocenters. The van der Waals surface area contributed by atoms with Crippen molar-refractivity contribution >= 4 is 46.5 Å². The first-order chi connectivity index (χ1) is 12.0. The average Bonchev–Trinajstić information content (AvgIpc) is 2.85. The molecule has 0 bridgehead atoms. The molecule has 1 aliphatic carbocycles. The van der Waals surface area contributed by atoms with Crippen molar-refractivity contribution in [2.24, 2.45) is 0 Å². The molecule has 1 aliphatic heterocycles. The van der Waals surface area contributed by atoms with Crippen molar-refractivity contribution in [1.82, 2.24) is 10.2 Å². The molecule has 5 nitrogen and oxygen atoms in total. The zero-order chi connectivity index (χ0) is 17.8. The van der Waals surface area contributed by atoms with Crippen molar-refractivity contribution in [1.29, 1.82) is 0 Å². The highest BCUT2D eigenvalue weighted by Gasteiger charge is 2.36. The van der Waals surface area contributed by atoms with Gasteiger partial charge in [0, 0.05) is 11.1 Å². The second kappa shape index (κ2) is 8.06. The zero-order valence-electron chi connectivity index (χ0n) is 13.7. The van der Waals surface area contributed by atoms with Crippen LogP contribution in [0.25, 0.3) is 6.08 Å². The summed E-state index contributed by atoms with van der Waals surface area (Å²) in [6.45, 7) is -0.223. The van der Waals surface area contributed by atoms with E-state index in [2.05, 4.69) is 5.32 Å². The van der Waals surface area contributed by atoms with E-state index in [0.29, 0.717) is 9.93 Å². The Bertz CT molecular complexity index is 712. The van der Waals surface area contributed by atoms with Crippen LogP contribution in [0.3, 0.4) is 0 Å². The maximum absolute atomic E-state index is 12.4. The van der Waals surface area contributed by atoms with E-state index < -0.39 is 11.1 Å². The summed E-state index contributed by atoms with van der Waals surface area (Å²) in [4.78, 5) is 38.0. The van der Waals surface area contributed by atoms with Crippen molar-refractivity contribution in [2.45, 2.75) is 38.1 Å². The molecule has 7 heteroatoms. The fourth-order valence-corrected chi connectivity index (χ4v) is 3.97. The van der Waals surface area contributed by atoms with E-state index in [0.717, 1.165) is 47.9 Å². The molecule has 0 aromatic heterocycles. The van der Waals surface area contributed by atoms with Crippen molar-refractivity contribution in [3.05, 3.63) is 39.8 Å². The van der Waals surface area contributed by atoms with Gasteiger partial charge >= 0.3 is 0 Å². The Balaban J connectivity index is 1.62. The molecule has 2 fully saturated rings. The molecule has 0 spiro atoms. The summed E-state index contributed by atoms with van der Waals surface area (Å²) in [6.07, 6.45) is 6.98. The van der Waals surface area contributed by atoms with Gasteiger partial charge in [0.1, 0.15) is 6.54 Å². The summed E-state index contributed by atoms with van der Waals surface area (Å²) in [5, 5.41) is 3.12. The summed E-state index contributed by atoms with van der Waals surface area (Å²) < 4.78 is 0. The molecule has 1 saturated carbocycles. The number of rotatable bonds is 4. The highest BCUT2D eigenvalue weighted by Crippen LogP contribution is 2.32. The second-order valence-corrected chi connectivity index (χ2v) is 7.65. The predicted octanol–water partition coefficient (Wildman–Crippen LogP) is 3.83. The molecule has 132 valence electrons. The van der Waals surface area contributed by atoms with E-state index in [1.54, 1.807) is 30.3 Å². The largest absolute Gasteiger partial charge is 0.352 e. The van der Waals surface area contributed by atoms with Gasteiger partial charge in [0.05, 0.1) is 4.91 Å². The normalized spacial score (nSPS) is 20.4. The van der Waals surface area contributed by atoms with Gasteiger partial charge in [-0.1, -0.05) is 43.0 Å². The van der Waals surface area contributed by atoms with Crippen LogP contribution in [0.1, 0.15) is 37.7 Å². The van der Waals surface area contributed by atoms with E-state index in [-0.39, 0.29) is 18.5 Å². The highest BCUT2D eigenvalue weighted by atomic mass is 35.5. The van der Waals surface area contributed by atoms with Crippen LogP contribution in [-0.4, -0.2) is 34.5 Å². The lowest BCUT2D eigenvalue weighted by molar-refractivity contribution is -0.129. The molecular formula is C18H19ClN2O3S. The van der Waals surface area contributed by atoms with E-state index in [1.807, 2.05) is 0 Å². The number of nitrogens with one attached hydrogen (secondary N) is 1. The number of carbonyl (C=O) groups is 3. The first-order valence-corrected chi connectivity index (χ1v) is 9.52. The van der Waals surface area contributed by atoms with Crippen LogP contribution in [0.5, 0.6) is 0 Å². The van der Waals surface area contributed by atoms with Gasteiger partial charge in [-0.25, -0.2) is 0 Å². The summed E-state index contributed by atoms with van der Waals surface area (Å²) >= 11 is 6.70. The molecule has 0 atom stereocenters. The van der Waals surface area contributed by atoms with Gasteiger partial charge < -0.3 is 5.32 Å². The van der Waals surface area contributed by atoms with Gasteiger partial charge in [0.15, 0.2) is 0 Å². The lowest BCUT2D eigenvalue weighted by Crippen LogP contribution is -2.44. The Hall–Kier alpha value is -1.79. The van der Waals surface area contributed by atoms with Crippen LogP contribution >= 0.6 is 23.4 Å². The third-order valence-electron chi connectivity index (χ3n) is 4.31. The number of halogens is 1. The maximum Gasteiger partial charge on any atom is 0.294 e. The van der Waals surface area contributed by atoms with E-state index >= 15 is 0 Å². The molecule has 0 radical (unpaired) electrons. The Morgan fingerprint density at radius 1 is 1.20 bits per heavy atom. The SMILES string of the molecule is O=C(CN1C(=O)S/C(=C\c2ccc(Cl)cc2)C1=O)NC1CCCCC1. The molecule has 3 amide bonds. The quantitative estimate of drug-likeness (QED) is 0.808. The van der Waals surface area contributed by atoms with Crippen LogP contribution < -0.4 is 5.32 Å². The molecule has 3 rings (SSSR count). The first kappa shape index (κ1) is 18.0. The molecule has 25 heavy (non-hydrogen) atoms. The summed E-state index contributed by atoms with van der Waals surface area (Å²) in [6, 6.07) is 7.13. The van der Waals surface area contributed by atoms with Gasteiger partial charge in [-0.15, -0.1) is 0 Å². The third kappa shape index (κ3) is 4.64. The standard InChI is InChI=1S/C18H19ClN2O3S/c19-13-8-6-12(7-9-13)10-15-17(23)21(18(24)25-15)11-16(22)20-14-4-2-1-3-5-14/h6-10,14H,1-5,11H2,(H,20,22)/b15-10-. The number of nitrogens with zero attached hydrogens (tertiary/aromatic N) is 1. The van der Waals surface area contributed by atoms with Gasteiger partial charge in [0.2, 0.25) is 5.91 Å². The first-order valence-electron chi connectivity index (χ1n) is 8.33. The molecule has 1 saturated heterocycles. The Morgan fingerprint density at radius 3 is 2.56 bits per heavy atom.